The molecule has 0 heterocycles. The highest BCUT2D eigenvalue weighted by Gasteiger charge is 2.08. The fourth-order valence-corrected chi connectivity index (χ4v) is 2.85. The Hall–Kier alpha value is -2.32. The summed E-state index contributed by atoms with van der Waals surface area (Å²) in [6.45, 7) is 6.59. The number of rotatable bonds is 6. The molecule has 0 aliphatic carbocycles. The maximum absolute atomic E-state index is 6.14. The molecule has 0 radical (unpaired) electrons. The third kappa shape index (κ3) is 3.72. The molecule has 0 amide bonds. The van der Waals surface area contributed by atoms with E-state index in [9.17, 15) is 0 Å². The smallest absolute Gasteiger partial charge is 0.124 e. The van der Waals surface area contributed by atoms with E-state index in [1.54, 1.807) is 0 Å². The van der Waals surface area contributed by atoms with Crippen molar-refractivity contribution in [3.63, 3.8) is 0 Å². The van der Waals surface area contributed by atoms with Crippen molar-refractivity contribution in [2.75, 3.05) is 6.54 Å². The minimum atomic E-state index is 0.596. The van der Waals surface area contributed by atoms with Crippen molar-refractivity contribution in [3.05, 3.63) is 77.4 Å². The largest absolute Gasteiger partial charge is 0.489 e. The second-order valence-electron chi connectivity index (χ2n) is 5.82. The summed E-state index contributed by atoms with van der Waals surface area (Å²) < 4.78 is 6.14. The van der Waals surface area contributed by atoms with Gasteiger partial charge in [0.2, 0.25) is 0 Å². The summed E-state index contributed by atoms with van der Waals surface area (Å²) in [5.41, 5.74) is 3.70. The maximum Gasteiger partial charge on any atom is 0.124 e. The van der Waals surface area contributed by atoms with Crippen LogP contribution in [0.15, 0.2) is 60.7 Å². The van der Waals surface area contributed by atoms with Gasteiger partial charge < -0.3 is 10.1 Å². The van der Waals surface area contributed by atoms with Crippen molar-refractivity contribution >= 4 is 10.8 Å². The van der Waals surface area contributed by atoms with Gasteiger partial charge in [-0.15, -0.1) is 0 Å². The number of hydrogen-bond donors (Lipinski definition) is 1. The molecule has 0 aliphatic heterocycles. The molecule has 118 valence electrons. The van der Waals surface area contributed by atoms with Gasteiger partial charge in [0.25, 0.3) is 0 Å². The first kappa shape index (κ1) is 15.6. The van der Waals surface area contributed by atoms with E-state index < -0.39 is 0 Å². The van der Waals surface area contributed by atoms with Crippen LogP contribution in [0.2, 0.25) is 0 Å². The number of nitrogens with one attached hydrogen (secondary N) is 1. The van der Waals surface area contributed by atoms with Gasteiger partial charge in [0.15, 0.2) is 0 Å². The minimum Gasteiger partial charge on any atom is -0.489 e. The fourth-order valence-electron chi connectivity index (χ4n) is 2.85. The second kappa shape index (κ2) is 7.30. The van der Waals surface area contributed by atoms with Crippen LogP contribution in [0.3, 0.4) is 0 Å². The molecule has 0 saturated carbocycles. The molecule has 3 aromatic rings. The predicted octanol–water partition coefficient (Wildman–Crippen LogP) is 4.84. The van der Waals surface area contributed by atoms with Crippen LogP contribution in [0, 0.1) is 6.92 Å². The first-order valence-electron chi connectivity index (χ1n) is 8.17. The molecule has 0 saturated heterocycles. The molecule has 0 bridgehead atoms. The molecule has 2 heteroatoms. The van der Waals surface area contributed by atoms with Crippen LogP contribution < -0.4 is 10.1 Å². The summed E-state index contributed by atoms with van der Waals surface area (Å²) in [5.74, 6) is 0.964. The quantitative estimate of drug-likeness (QED) is 0.704. The fraction of sp³-hybridized carbons (Fsp3) is 0.238. The summed E-state index contributed by atoms with van der Waals surface area (Å²) in [6, 6.07) is 21.2. The Labute approximate surface area is 138 Å². The van der Waals surface area contributed by atoms with E-state index in [1.165, 1.54) is 27.5 Å². The Morgan fingerprint density at radius 1 is 0.957 bits per heavy atom. The van der Waals surface area contributed by atoms with Gasteiger partial charge in [0.1, 0.15) is 12.4 Å². The lowest BCUT2D eigenvalue weighted by molar-refractivity contribution is 0.303. The molecule has 0 fully saturated rings. The summed E-state index contributed by atoms with van der Waals surface area (Å²) >= 11 is 0. The van der Waals surface area contributed by atoms with Crippen LogP contribution in [0.25, 0.3) is 10.8 Å². The first-order chi connectivity index (χ1) is 11.3. The SMILES string of the molecule is CCNCc1c(OCc2cccc(C)c2)ccc2ccccc12. The van der Waals surface area contributed by atoms with Gasteiger partial charge in [-0.3, -0.25) is 0 Å². The Bertz CT molecular complexity index is 795. The van der Waals surface area contributed by atoms with Crippen molar-refractivity contribution < 1.29 is 4.74 Å². The third-order valence-corrected chi connectivity index (χ3v) is 4.03. The lowest BCUT2D eigenvalue weighted by atomic mass is 10.0. The normalized spacial score (nSPS) is 10.9. The van der Waals surface area contributed by atoms with Crippen molar-refractivity contribution in [2.24, 2.45) is 0 Å². The molecule has 0 unspecified atom stereocenters. The van der Waals surface area contributed by atoms with Gasteiger partial charge in [0.05, 0.1) is 0 Å². The molecule has 0 aromatic heterocycles. The van der Waals surface area contributed by atoms with Crippen LogP contribution >= 0.6 is 0 Å². The predicted molar refractivity (Wildman–Crippen MR) is 96.8 cm³/mol. The Morgan fingerprint density at radius 2 is 1.83 bits per heavy atom. The molecule has 0 aliphatic rings. The lowest BCUT2D eigenvalue weighted by Crippen LogP contribution is -2.13. The average Bonchev–Trinajstić information content (AvgIpc) is 2.58. The second-order valence-corrected chi connectivity index (χ2v) is 5.82. The highest BCUT2D eigenvalue weighted by molar-refractivity contribution is 5.87. The maximum atomic E-state index is 6.14. The van der Waals surface area contributed by atoms with Gasteiger partial charge in [-0.05, 0) is 35.9 Å². The van der Waals surface area contributed by atoms with E-state index >= 15 is 0 Å². The first-order valence-corrected chi connectivity index (χ1v) is 8.17. The lowest BCUT2D eigenvalue weighted by Gasteiger charge is -2.15. The molecular weight excluding hydrogens is 282 g/mol. The number of fused-ring (bicyclic) bond motifs is 1. The van der Waals surface area contributed by atoms with Gasteiger partial charge in [-0.1, -0.05) is 67.1 Å². The summed E-state index contributed by atoms with van der Waals surface area (Å²) in [7, 11) is 0. The van der Waals surface area contributed by atoms with Crippen molar-refractivity contribution in [2.45, 2.75) is 27.0 Å². The number of benzene rings is 3. The summed E-state index contributed by atoms with van der Waals surface area (Å²) in [6.07, 6.45) is 0. The molecular formula is C21H23NO. The standard InChI is InChI=1S/C21H23NO/c1-3-22-14-20-19-10-5-4-9-18(19)11-12-21(20)23-15-17-8-6-7-16(2)13-17/h4-13,22H,3,14-15H2,1-2H3. The number of aryl methyl sites for hydroxylation is 1. The molecule has 0 atom stereocenters. The molecule has 3 rings (SSSR count). The Balaban J connectivity index is 1.89. The summed E-state index contributed by atoms with van der Waals surface area (Å²) in [4.78, 5) is 0. The molecule has 2 nitrogen and oxygen atoms in total. The van der Waals surface area contributed by atoms with E-state index in [4.69, 9.17) is 4.74 Å². The third-order valence-electron chi connectivity index (χ3n) is 4.03. The Morgan fingerprint density at radius 3 is 2.65 bits per heavy atom. The monoisotopic (exact) mass is 305 g/mol. The van der Waals surface area contributed by atoms with Gasteiger partial charge in [0, 0.05) is 12.1 Å². The molecule has 3 aromatic carbocycles. The average molecular weight is 305 g/mol. The van der Waals surface area contributed by atoms with Crippen LogP contribution in [0.1, 0.15) is 23.6 Å². The van der Waals surface area contributed by atoms with E-state index in [2.05, 4.69) is 79.8 Å². The number of ether oxygens (including phenoxy) is 1. The highest BCUT2D eigenvalue weighted by atomic mass is 16.5. The van der Waals surface area contributed by atoms with Crippen molar-refractivity contribution in [1.29, 1.82) is 0 Å². The zero-order valence-corrected chi connectivity index (χ0v) is 13.8. The van der Waals surface area contributed by atoms with Crippen LogP contribution in [0.4, 0.5) is 0 Å². The van der Waals surface area contributed by atoms with Crippen molar-refractivity contribution in [1.82, 2.24) is 5.32 Å². The van der Waals surface area contributed by atoms with Gasteiger partial charge >= 0.3 is 0 Å². The van der Waals surface area contributed by atoms with E-state index in [-0.39, 0.29) is 0 Å². The van der Waals surface area contributed by atoms with Crippen molar-refractivity contribution in [3.8, 4) is 5.75 Å². The zero-order valence-electron chi connectivity index (χ0n) is 13.8. The minimum absolute atomic E-state index is 0.596. The Kier molecular flexibility index (Phi) is 4.94. The molecule has 0 spiro atoms. The van der Waals surface area contributed by atoms with E-state index in [0.29, 0.717) is 6.61 Å². The van der Waals surface area contributed by atoms with E-state index in [1.807, 2.05) is 0 Å². The van der Waals surface area contributed by atoms with Crippen LogP contribution in [0.5, 0.6) is 5.75 Å². The van der Waals surface area contributed by atoms with Gasteiger partial charge in [-0.25, -0.2) is 0 Å². The molecule has 23 heavy (non-hydrogen) atoms. The highest BCUT2D eigenvalue weighted by Crippen LogP contribution is 2.28. The van der Waals surface area contributed by atoms with E-state index in [0.717, 1.165) is 18.8 Å². The summed E-state index contributed by atoms with van der Waals surface area (Å²) in [5, 5.41) is 5.94. The van der Waals surface area contributed by atoms with Crippen LogP contribution in [-0.2, 0) is 13.2 Å². The topological polar surface area (TPSA) is 21.3 Å². The molecule has 1 N–H and O–H groups in total. The van der Waals surface area contributed by atoms with Crippen LogP contribution in [-0.4, -0.2) is 6.54 Å². The number of hydrogen-bond acceptors (Lipinski definition) is 2. The zero-order chi connectivity index (χ0) is 16.1. The van der Waals surface area contributed by atoms with Gasteiger partial charge in [-0.2, -0.15) is 0 Å².